The average molecular weight is 497 g/mol. The number of hydrogen-bond acceptors (Lipinski definition) is 6. The van der Waals surface area contributed by atoms with Crippen LogP contribution in [0, 0.1) is 17.8 Å². The number of rotatable bonds is 4. The Morgan fingerprint density at radius 3 is 2.60 bits per heavy atom. The van der Waals surface area contributed by atoms with Gasteiger partial charge in [-0.2, -0.15) is 0 Å². The molecule has 0 radical (unpaired) electrons. The first kappa shape index (κ1) is 22.9. The van der Waals surface area contributed by atoms with Crippen molar-refractivity contribution in [1.82, 2.24) is 10.3 Å². The number of anilines is 2. The van der Waals surface area contributed by atoms with Crippen molar-refractivity contribution in [3.8, 4) is 5.75 Å². The van der Waals surface area contributed by atoms with Gasteiger partial charge >= 0.3 is 0 Å². The van der Waals surface area contributed by atoms with E-state index in [4.69, 9.17) is 16.6 Å². The molecule has 1 aromatic carbocycles. The number of carbonyl (C=O) groups is 1. The first-order valence-electron chi connectivity index (χ1n) is 12.8. The summed E-state index contributed by atoms with van der Waals surface area (Å²) in [6.45, 7) is 4.50. The molecule has 4 aliphatic carbocycles. The van der Waals surface area contributed by atoms with Crippen LogP contribution in [-0.2, 0) is 0 Å². The van der Waals surface area contributed by atoms with Gasteiger partial charge in [0.05, 0.1) is 10.6 Å². The smallest absolute Gasteiger partial charge is 0.270 e. The van der Waals surface area contributed by atoms with E-state index in [9.17, 15) is 15.0 Å². The van der Waals surface area contributed by atoms with E-state index in [0.29, 0.717) is 28.5 Å². The maximum atomic E-state index is 13.2. The minimum atomic E-state index is -0.500. The summed E-state index contributed by atoms with van der Waals surface area (Å²) in [4.78, 5) is 22.5. The van der Waals surface area contributed by atoms with Crippen molar-refractivity contribution < 1.29 is 15.0 Å². The van der Waals surface area contributed by atoms with Gasteiger partial charge in [0.1, 0.15) is 17.3 Å². The molecule has 5 fully saturated rings. The van der Waals surface area contributed by atoms with Crippen LogP contribution in [0.3, 0.4) is 0 Å². The van der Waals surface area contributed by atoms with Gasteiger partial charge in [-0.1, -0.05) is 17.7 Å². The van der Waals surface area contributed by atoms with Gasteiger partial charge in [0.25, 0.3) is 5.91 Å². The van der Waals surface area contributed by atoms with E-state index in [1.807, 2.05) is 18.2 Å². The molecule has 3 N–H and O–H groups in total. The van der Waals surface area contributed by atoms with Gasteiger partial charge in [0.2, 0.25) is 0 Å². The fourth-order valence-corrected chi connectivity index (χ4v) is 7.55. The first-order valence-corrected chi connectivity index (χ1v) is 13.2. The molecule has 8 heteroatoms. The monoisotopic (exact) mass is 496 g/mol. The van der Waals surface area contributed by atoms with Gasteiger partial charge in [0, 0.05) is 37.4 Å². The van der Waals surface area contributed by atoms with E-state index in [0.717, 1.165) is 63.2 Å². The third-order valence-corrected chi connectivity index (χ3v) is 9.03. The molecular weight excluding hydrogens is 464 g/mol. The van der Waals surface area contributed by atoms with Gasteiger partial charge in [0.15, 0.2) is 0 Å². The summed E-state index contributed by atoms with van der Waals surface area (Å²) < 4.78 is 0. The Kier molecular flexibility index (Phi) is 5.60. The number of aliphatic hydroxyl groups is 1. The molecule has 1 aliphatic heterocycles. The zero-order chi connectivity index (χ0) is 24.3. The van der Waals surface area contributed by atoms with Crippen LogP contribution in [-0.4, -0.2) is 58.4 Å². The Labute approximate surface area is 211 Å². The van der Waals surface area contributed by atoms with Crippen molar-refractivity contribution >= 4 is 29.0 Å². The molecule has 2 unspecified atom stereocenters. The van der Waals surface area contributed by atoms with Gasteiger partial charge in [-0.25, -0.2) is 4.98 Å². The van der Waals surface area contributed by atoms with Crippen molar-refractivity contribution in [3.63, 3.8) is 0 Å². The number of benzene rings is 1. The quantitative estimate of drug-likeness (QED) is 0.596. The molecule has 1 aromatic heterocycles. The van der Waals surface area contributed by atoms with Crippen LogP contribution in [0.1, 0.15) is 49.5 Å². The largest absolute Gasteiger partial charge is 0.506 e. The number of hydrogen-bond donors (Lipinski definition) is 3. The van der Waals surface area contributed by atoms with Crippen LogP contribution in [0.4, 0.5) is 11.5 Å². The zero-order valence-corrected chi connectivity index (χ0v) is 20.8. The molecular formula is C27H33ClN4O3. The molecule has 4 saturated carbocycles. The van der Waals surface area contributed by atoms with E-state index in [-0.39, 0.29) is 23.7 Å². The molecule has 35 heavy (non-hydrogen) atoms. The molecule has 2 heterocycles. The molecule has 0 spiro atoms. The minimum absolute atomic E-state index is 0.0888. The Morgan fingerprint density at radius 1 is 1.14 bits per heavy atom. The number of phenols is 1. The Morgan fingerprint density at radius 2 is 1.91 bits per heavy atom. The fourth-order valence-electron chi connectivity index (χ4n) is 7.38. The Bertz CT molecular complexity index is 1130. The van der Waals surface area contributed by atoms with Gasteiger partial charge in [-0.05, 0) is 87.1 Å². The van der Waals surface area contributed by atoms with E-state index in [1.54, 1.807) is 18.2 Å². The SMILES string of the molecule is C[C@@H]1CN(c2ccc(O)c(Cl)c2)CCN1c1cccc(C(=O)NC2C3CC4CC2CC(O)(C4)C3)n1. The number of nitrogens with zero attached hydrogens (tertiary/aromatic N) is 3. The predicted molar refractivity (Wildman–Crippen MR) is 136 cm³/mol. The zero-order valence-electron chi connectivity index (χ0n) is 20.0. The van der Waals surface area contributed by atoms with Crippen LogP contribution in [0.15, 0.2) is 36.4 Å². The highest BCUT2D eigenvalue weighted by Gasteiger charge is 2.55. The topological polar surface area (TPSA) is 88.9 Å². The van der Waals surface area contributed by atoms with Gasteiger partial charge < -0.3 is 25.3 Å². The van der Waals surface area contributed by atoms with Crippen LogP contribution in [0.25, 0.3) is 0 Å². The second-order valence-electron chi connectivity index (χ2n) is 11.2. The highest BCUT2D eigenvalue weighted by Crippen LogP contribution is 2.55. The number of phenolic OH excluding ortho intramolecular Hbond substituents is 1. The van der Waals surface area contributed by atoms with Crippen LogP contribution >= 0.6 is 11.6 Å². The summed E-state index contributed by atoms with van der Waals surface area (Å²) in [6, 6.07) is 11.3. The van der Waals surface area contributed by atoms with Gasteiger partial charge in [-0.3, -0.25) is 4.79 Å². The summed E-state index contributed by atoms with van der Waals surface area (Å²) in [5, 5.41) is 24.2. The third-order valence-electron chi connectivity index (χ3n) is 8.72. The molecule has 3 atom stereocenters. The maximum absolute atomic E-state index is 13.2. The summed E-state index contributed by atoms with van der Waals surface area (Å²) >= 11 is 6.11. The number of piperazine rings is 1. The highest BCUT2D eigenvalue weighted by atomic mass is 35.5. The van der Waals surface area contributed by atoms with Crippen molar-refractivity contribution in [3.05, 3.63) is 47.1 Å². The summed E-state index contributed by atoms with van der Waals surface area (Å²) in [5.74, 6) is 2.16. The van der Waals surface area contributed by atoms with Crippen LogP contribution < -0.4 is 15.1 Å². The molecule has 4 bridgehead atoms. The van der Waals surface area contributed by atoms with Crippen molar-refractivity contribution in [2.24, 2.45) is 17.8 Å². The number of nitrogens with one attached hydrogen (secondary N) is 1. The average Bonchev–Trinajstić information content (AvgIpc) is 2.82. The lowest BCUT2D eigenvalue weighted by Crippen LogP contribution is -2.61. The highest BCUT2D eigenvalue weighted by molar-refractivity contribution is 6.32. The second kappa shape index (κ2) is 8.56. The standard InChI is InChI=1S/C27H33ClN4O3/c1-16-15-31(20-5-6-23(33)21(28)11-20)7-8-32(16)24-4-2-3-22(29-24)26(34)30-25-18-9-17-10-19(25)14-27(35,12-17)13-18/h2-6,11,16-19,25,33,35H,7-10,12-15H2,1H3,(H,30,34)/t16-,17?,18?,19?,25?,27?/m1/s1. The maximum Gasteiger partial charge on any atom is 0.270 e. The normalized spacial score (nSPS) is 33.7. The molecule has 2 aromatic rings. The molecule has 7 nitrogen and oxygen atoms in total. The number of pyridine rings is 1. The predicted octanol–water partition coefficient (Wildman–Crippen LogP) is 3.83. The number of aromatic hydroxyl groups is 1. The van der Waals surface area contributed by atoms with E-state index in [1.165, 1.54) is 0 Å². The lowest BCUT2D eigenvalue weighted by molar-refractivity contribution is -0.136. The van der Waals surface area contributed by atoms with E-state index >= 15 is 0 Å². The van der Waals surface area contributed by atoms with Gasteiger partial charge in [-0.15, -0.1) is 0 Å². The number of amides is 1. The van der Waals surface area contributed by atoms with E-state index in [2.05, 4.69) is 22.0 Å². The van der Waals surface area contributed by atoms with Crippen molar-refractivity contribution in [1.29, 1.82) is 0 Å². The van der Waals surface area contributed by atoms with E-state index < -0.39 is 5.60 Å². The number of halogens is 1. The first-order chi connectivity index (χ1) is 16.8. The fraction of sp³-hybridized carbons (Fsp3) is 0.556. The Balaban J connectivity index is 1.13. The summed E-state index contributed by atoms with van der Waals surface area (Å²) in [6.07, 6.45) is 4.80. The second-order valence-corrected chi connectivity index (χ2v) is 11.6. The lowest BCUT2D eigenvalue weighted by atomic mass is 9.52. The molecule has 1 amide bonds. The number of carbonyl (C=O) groups excluding carboxylic acids is 1. The third kappa shape index (κ3) is 4.23. The lowest BCUT2D eigenvalue weighted by Gasteiger charge is -2.58. The summed E-state index contributed by atoms with van der Waals surface area (Å²) in [5.41, 5.74) is 0.940. The molecule has 7 rings (SSSR count). The molecule has 5 aliphatic rings. The summed E-state index contributed by atoms with van der Waals surface area (Å²) in [7, 11) is 0. The number of aromatic nitrogens is 1. The van der Waals surface area contributed by atoms with Crippen molar-refractivity contribution in [2.45, 2.75) is 56.7 Å². The van der Waals surface area contributed by atoms with Crippen LogP contribution in [0.5, 0.6) is 5.75 Å². The van der Waals surface area contributed by atoms with Crippen molar-refractivity contribution in [2.75, 3.05) is 29.4 Å². The van der Waals surface area contributed by atoms with Crippen LogP contribution in [0.2, 0.25) is 5.02 Å². The minimum Gasteiger partial charge on any atom is -0.506 e. The molecule has 1 saturated heterocycles. The Hall–Kier alpha value is -2.51. The molecule has 186 valence electrons.